The van der Waals surface area contributed by atoms with E-state index in [0.717, 1.165) is 0 Å². The lowest BCUT2D eigenvalue weighted by Gasteiger charge is -2.35. The fourth-order valence-corrected chi connectivity index (χ4v) is 2.25. The first kappa shape index (κ1) is 13.5. The summed E-state index contributed by atoms with van der Waals surface area (Å²) in [6, 6.07) is 5.68. The van der Waals surface area contributed by atoms with Crippen molar-refractivity contribution in [2.45, 2.75) is 26.1 Å². The van der Waals surface area contributed by atoms with E-state index in [-0.39, 0.29) is 23.8 Å². The Bertz CT molecular complexity index is 476. The normalized spacial score (nSPS) is 23.2. The molecule has 0 spiro atoms. The topological polar surface area (TPSA) is 72.7 Å². The first-order valence-corrected chi connectivity index (χ1v) is 6.16. The average Bonchev–Trinajstić information content (AvgIpc) is 2.37. The van der Waals surface area contributed by atoms with Gasteiger partial charge in [-0.15, -0.1) is 0 Å². The van der Waals surface area contributed by atoms with Crippen LogP contribution in [0.4, 0.5) is 5.69 Å². The van der Waals surface area contributed by atoms with E-state index in [1.165, 1.54) is 24.3 Å². The molecule has 1 aliphatic rings. The van der Waals surface area contributed by atoms with Crippen molar-refractivity contribution in [3.8, 4) is 0 Å². The number of benzene rings is 1. The van der Waals surface area contributed by atoms with Crippen LogP contribution in [0.25, 0.3) is 0 Å². The fourth-order valence-electron chi connectivity index (χ4n) is 2.25. The highest BCUT2D eigenvalue weighted by atomic mass is 16.6. The Morgan fingerprint density at radius 1 is 1.26 bits per heavy atom. The maximum Gasteiger partial charge on any atom is 0.269 e. The summed E-state index contributed by atoms with van der Waals surface area (Å²) < 4.78 is 5.57. The number of nitrogens with zero attached hydrogens (tertiary/aromatic N) is 2. The fraction of sp³-hybridized carbons (Fsp3) is 0.462. The van der Waals surface area contributed by atoms with E-state index in [1.807, 2.05) is 13.8 Å². The van der Waals surface area contributed by atoms with Gasteiger partial charge in [-0.05, 0) is 26.0 Å². The number of carbonyl (C=O) groups excluding carboxylic acids is 1. The van der Waals surface area contributed by atoms with E-state index in [0.29, 0.717) is 18.7 Å². The van der Waals surface area contributed by atoms with Gasteiger partial charge in [0.05, 0.1) is 17.1 Å². The number of hydrogen-bond donors (Lipinski definition) is 0. The van der Waals surface area contributed by atoms with E-state index in [4.69, 9.17) is 4.74 Å². The molecular weight excluding hydrogens is 248 g/mol. The molecule has 2 rings (SSSR count). The smallest absolute Gasteiger partial charge is 0.269 e. The van der Waals surface area contributed by atoms with Crippen LogP contribution in [-0.4, -0.2) is 41.0 Å². The molecular formula is C13H16N2O4. The predicted molar refractivity (Wildman–Crippen MR) is 69.0 cm³/mol. The zero-order chi connectivity index (χ0) is 14.0. The molecule has 2 atom stereocenters. The summed E-state index contributed by atoms with van der Waals surface area (Å²) in [6.45, 7) is 4.93. The minimum atomic E-state index is -0.479. The van der Waals surface area contributed by atoms with Crippen LogP contribution < -0.4 is 0 Å². The van der Waals surface area contributed by atoms with Crippen LogP contribution in [0.1, 0.15) is 24.2 Å². The molecule has 1 aliphatic heterocycles. The van der Waals surface area contributed by atoms with E-state index in [2.05, 4.69) is 0 Å². The van der Waals surface area contributed by atoms with Crippen molar-refractivity contribution >= 4 is 11.6 Å². The molecule has 6 nitrogen and oxygen atoms in total. The van der Waals surface area contributed by atoms with Gasteiger partial charge in [0.2, 0.25) is 0 Å². The van der Waals surface area contributed by atoms with Crippen LogP contribution in [0, 0.1) is 10.1 Å². The van der Waals surface area contributed by atoms with Gasteiger partial charge in [0.15, 0.2) is 0 Å². The van der Waals surface area contributed by atoms with Crippen molar-refractivity contribution in [1.29, 1.82) is 0 Å². The number of nitro groups is 1. The molecule has 0 aromatic heterocycles. The maximum atomic E-state index is 12.3. The minimum Gasteiger partial charge on any atom is -0.372 e. The van der Waals surface area contributed by atoms with Gasteiger partial charge >= 0.3 is 0 Å². The Hall–Kier alpha value is -1.95. The molecule has 1 aromatic rings. The second-order valence-corrected chi connectivity index (χ2v) is 4.77. The lowest BCUT2D eigenvalue weighted by Crippen LogP contribution is -2.48. The molecule has 0 unspecified atom stereocenters. The molecule has 6 heteroatoms. The van der Waals surface area contributed by atoms with Gasteiger partial charge in [-0.3, -0.25) is 14.9 Å². The monoisotopic (exact) mass is 264 g/mol. The molecule has 1 aromatic carbocycles. The van der Waals surface area contributed by atoms with Crippen molar-refractivity contribution in [2.75, 3.05) is 13.1 Å². The van der Waals surface area contributed by atoms with Crippen molar-refractivity contribution in [2.24, 2.45) is 0 Å². The number of hydrogen-bond acceptors (Lipinski definition) is 4. The number of carbonyl (C=O) groups is 1. The standard InChI is InChI=1S/C13H16N2O4/c1-9-7-14(8-10(2)19-9)13(16)11-3-5-12(6-4-11)15(17)18/h3-6,9-10H,7-8H2,1-2H3/t9-,10+. The van der Waals surface area contributed by atoms with E-state index >= 15 is 0 Å². The summed E-state index contributed by atoms with van der Waals surface area (Å²) in [5, 5.41) is 10.6. The zero-order valence-electron chi connectivity index (χ0n) is 10.9. The van der Waals surface area contributed by atoms with Crippen LogP contribution in [0.5, 0.6) is 0 Å². The second-order valence-electron chi connectivity index (χ2n) is 4.77. The van der Waals surface area contributed by atoms with Crippen molar-refractivity contribution in [1.82, 2.24) is 4.90 Å². The predicted octanol–water partition coefficient (Wildman–Crippen LogP) is 1.84. The molecule has 0 bridgehead atoms. The number of morpholine rings is 1. The Morgan fingerprint density at radius 3 is 2.26 bits per heavy atom. The summed E-state index contributed by atoms with van der Waals surface area (Å²) in [6.07, 6.45) is 0.0106. The van der Waals surface area contributed by atoms with Crippen molar-refractivity contribution in [3.05, 3.63) is 39.9 Å². The molecule has 0 aliphatic carbocycles. The quantitative estimate of drug-likeness (QED) is 0.603. The van der Waals surface area contributed by atoms with E-state index in [9.17, 15) is 14.9 Å². The van der Waals surface area contributed by atoms with Crippen LogP contribution in [0.2, 0.25) is 0 Å². The largest absolute Gasteiger partial charge is 0.372 e. The Balaban J connectivity index is 2.12. The highest BCUT2D eigenvalue weighted by Crippen LogP contribution is 2.17. The lowest BCUT2D eigenvalue weighted by atomic mass is 10.1. The van der Waals surface area contributed by atoms with Crippen molar-refractivity contribution < 1.29 is 14.5 Å². The number of amides is 1. The highest BCUT2D eigenvalue weighted by Gasteiger charge is 2.26. The van der Waals surface area contributed by atoms with Crippen molar-refractivity contribution in [3.63, 3.8) is 0 Å². The highest BCUT2D eigenvalue weighted by molar-refractivity contribution is 5.94. The molecule has 1 saturated heterocycles. The van der Waals surface area contributed by atoms with Gasteiger partial charge in [0.1, 0.15) is 0 Å². The Morgan fingerprint density at radius 2 is 1.79 bits per heavy atom. The van der Waals surface area contributed by atoms with Gasteiger partial charge < -0.3 is 9.64 Å². The summed E-state index contributed by atoms with van der Waals surface area (Å²) in [5.74, 6) is -0.114. The summed E-state index contributed by atoms with van der Waals surface area (Å²) in [7, 11) is 0. The third-order valence-electron chi connectivity index (χ3n) is 3.03. The first-order chi connectivity index (χ1) is 8.97. The van der Waals surface area contributed by atoms with Gasteiger partial charge in [0.25, 0.3) is 11.6 Å². The van der Waals surface area contributed by atoms with Gasteiger partial charge in [-0.2, -0.15) is 0 Å². The van der Waals surface area contributed by atoms with Gasteiger partial charge in [0, 0.05) is 30.8 Å². The van der Waals surface area contributed by atoms with Gasteiger partial charge in [-0.25, -0.2) is 0 Å². The average molecular weight is 264 g/mol. The molecule has 102 valence electrons. The molecule has 0 saturated carbocycles. The third kappa shape index (κ3) is 3.08. The zero-order valence-corrected chi connectivity index (χ0v) is 10.9. The molecule has 0 radical (unpaired) electrons. The number of ether oxygens (including phenoxy) is 1. The number of rotatable bonds is 2. The summed E-state index contributed by atoms with van der Waals surface area (Å²) in [5.41, 5.74) is 0.451. The summed E-state index contributed by atoms with van der Waals surface area (Å²) in [4.78, 5) is 24.1. The minimum absolute atomic E-state index is 0.00532. The van der Waals surface area contributed by atoms with Crippen LogP contribution in [0.3, 0.4) is 0 Å². The Labute approximate surface area is 111 Å². The second kappa shape index (κ2) is 5.36. The first-order valence-electron chi connectivity index (χ1n) is 6.16. The third-order valence-corrected chi connectivity index (χ3v) is 3.03. The molecule has 1 fully saturated rings. The van der Waals surface area contributed by atoms with Gasteiger partial charge in [-0.1, -0.05) is 0 Å². The SMILES string of the molecule is C[C@@H]1CN(C(=O)c2ccc([N+](=O)[O-])cc2)C[C@H](C)O1. The molecule has 19 heavy (non-hydrogen) atoms. The molecule has 1 heterocycles. The maximum absolute atomic E-state index is 12.3. The number of nitro benzene ring substituents is 1. The molecule has 0 N–H and O–H groups in total. The van der Waals surface area contributed by atoms with Crippen LogP contribution >= 0.6 is 0 Å². The molecule has 1 amide bonds. The summed E-state index contributed by atoms with van der Waals surface area (Å²) >= 11 is 0. The van der Waals surface area contributed by atoms with E-state index in [1.54, 1.807) is 4.90 Å². The lowest BCUT2D eigenvalue weighted by molar-refractivity contribution is -0.384. The van der Waals surface area contributed by atoms with Crippen LogP contribution in [0.15, 0.2) is 24.3 Å². The Kier molecular flexibility index (Phi) is 3.80. The van der Waals surface area contributed by atoms with Crippen LogP contribution in [-0.2, 0) is 4.74 Å². The number of non-ortho nitro benzene ring substituents is 1. The van der Waals surface area contributed by atoms with E-state index < -0.39 is 4.92 Å².